The first-order valence-electron chi connectivity index (χ1n) is 7.55. The Labute approximate surface area is 167 Å². The zero-order valence-corrected chi connectivity index (χ0v) is 16.2. The molecule has 0 unspecified atom stereocenters. The Balaban J connectivity index is 2.06. The molecule has 3 rings (SSSR count). The first-order chi connectivity index (χ1) is 12.8. The number of phenolic OH excluding ortho intramolecular Hbond substituents is 1. The SMILES string of the molecule is COc1cc(C=C2C(=O)NC(=O)N(c3cccc(Cl)c3)C2=O)cc(Br)c1O. The molecule has 1 aliphatic rings. The minimum Gasteiger partial charge on any atom is -0.503 e. The quantitative estimate of drug-likeness (QED) is 0.550. The Morgan fingerprint density at radius 3 is 2.63 bits per heavy atom. The molecular weight excluding hydrogens is 440 g/mol. The van der Waals surface area contributed by atoms with E-state index in [4.69, 9.17) is 16.3 Å². The van der Waals surface area contributed by atoms with Gasteiger partial charge in [0.05, 0.1) is 17.3 Å². The Bertz CT molecular complexity index is 1010. The maximum absolute atomic E-state index is 12.8. The van der Waals surface area contributed by atoms with Gasteiger partial charge in [0.15, 0.2) is 11.5 Å². The zero-order chi connectivity index (χ0) is 19.7. The number of benzene rings is 2. The van der Waals surface area contributed by atoms with Crippen LogP contribution in [0, 0.1) is 0 Å². The van der Waals surface area contributed by atoms with Crippen LogP contribution in [0.15, 0.2) is 46.4 Å². The number of imide groups is 2. The third-order valence-electron chi connectivity index (χ3n) is 3.75. The minimum atomic E-state index is -0.867. The van der Waals surface area contributed by atoms with E-state index in [1.54, 1.807) is 12.1 Å². The predicted molar refractivity (Wildman–Crippen MR) is 103 cm³/mol. The van der Waals surface area contributed by atoms with E-state index in [9.17, 15) is 19.5 Å². The summed E-state index contributed by atoms with van der Waals surface area (Å²) in [4.78, 5) is 38.0. The van der Waals surface area contributed by atoms with Gasteiger partial charge in [0.2, 0.25) is 0 Å². The van der Waals surface area contributed by atoms with Crippen LogP contribution in [0.1, 0.15) is 5.56 Å². The number of hydrogen-bond acceptors (Lipinski definition) is 5. The molecule has 2 aromatic rings. The molecule has 0 atom stereocenters. The van der Waals surface area contributed by atoms with Crippen molar-refractivity contribution in [2.45, 2.75) is 0 Å². The van der Waals surface area contributed by atoms with Crippen molar-refractivity contribution in [2.24, 2.45) is 0 Å². The molecule has 0 bridgehead atoms. The second-order valence-electron chi connectivity index (χ2n) is 5.49. The minimum absolute atomic E-state index is 0.116. The summed E-state index contributed by atoms with van der Waals surface area (Å²) < 4.78 is 5.38. The number of nitrogens with one attached hydrogen (secondary N) is 1. The lowest BCUT2D eigenvalue weighted by molar-refractivity contribution is -0.122. The number of aromatic hydroxyl groups is 1. The Kier molecular flexibility index (Phi) is 5.20. The summed E-state index contributed by atoms with van der Waals surface area (Å²) in [6.45, 7) is 0. The van der Waals surface area contributed by atoms with Crippen molar-refractivity contribution in [3.8, 4) is 11.5 Å². The Hall–Kier alpha value is -2.84. The van der Waals surface area contributed by atoms with Crippen LogP contribution >= 0.6 is 27.5 Å². The largest absolute Gasteiger partial charge is 0.503 e. The summed E-state index contributed by atoms with van der Waals surface area (Å²) in [7, 11) is 1.37. The van der Waals surface area contributed by atoms with Crippen molar-refractivity contribution in [1.29, 1.82) is 0 Å². The Morgan fingerprint density at radius 1 is 1.22 bits per heavy atom. The molecule has 0 aromatic heterocycles. The number of rotatable bonds is 3. The smallest absolute Gasteiger partial charge is 0.335 e. The highest BCUT2D eigenvalue weighted by molar-refractivity contribution is 9.10. The number of methoxy groups -OCH3 is 1. The van der Waals surface area contributed by atoms with Crippen molar-refractivity contribution in [1.82, 2.24) is 5.32 Å². The fourth-order valence-corrected chi connectivity index (χ4v) is 3.15. The number of carbonyl (C=O) groups excluding carboxylic acids is 3. The van der Waals surface area contributed by atoms with Crippen LogP contribution in [0.2, 0.25) is 5.02 Å². The van der Waals surface area contributed by atoms with Crippen molar-refractivity contribution < 1.29 is 24.2 Å². The molecule has 1 fully saturated rings. The van der Waals surface area contributed by atoms with Gasteiger partial charge in [-0.25, -0.2) is 9.69 Å². The lowest BCUT2D eigenvalue weighted by atomic mass is 10.1. The summed E-state index contributed by atoms with van der Waals surface area (Å²) in [5, 5.41) is 12.3. The van der Waals surface area contributed by atoms with Crippen LogP contribution in [0.4, 0.5) is 10.5 Å². The summed E-state index contributed by atoms with van der Waals surface area (Å²) in [5.74, 6) is -1.59. The number of urea groups is 1. The highest BCUT2D eigenvalue weighted by Crippen LogP contribution is 2.36. The number of nitrogens with zero attached hydrogens (tertiary/aromatic N) is 1. The van der Waals surface area contributed by atoms with E-state index < -0.39 is 17.8 Å². The lowest BCUT2D eigenvalue weighted by Gasteiger charge is -2.26. The van der Waals surface area contributed by atoms with Crippen LogP contribution in [-0.2, 0) is 9.59 Å². The number of phenols is 1. The molecule has 0 spiro atoms. The van der Waals surface area contributed by atoms with E-state index in [2.05, 4.69) is 21.2 Å². The molecule has 2 aromatic carbocycles. The average molecular weight is 452 g/mol. The van der Waals surface area contributed by atoms with Crippen LogP contribution in [0.5, 0.6) is 11.5 Å². The Morgan fingerprint density at radius 2 is 1.96 bits per heavy atom. The third kappa shape index (κ3) is 3.67. The number of amides is 4. The van der Waals surface area contributed by atoms with Gasteiger partial charge in [0.25, 0.3) is 11.8 Å². The first-order valence-corrected chi connectivity index (χ1v) is 8.72. The molecule has 1 saturated heterocycles. The van der Waals surface area contributed by atoms with Crippen molar-refractivity contribution in [3.63, 3.8) is 0 Å². The van der Waals surface area contributed by atoms with Crippen LogP contribution in [0.3, 0.4) is 0 Å². The normalized spacial score (nSPS) is 15.9. The molecule has 9 heteroatoms. The molecule has 0 aliphatic carbocycles. The second kappa shape index (κ2) is 7.42. The highest BCUT2D eigenvalue weighted by atomic mass is 79.9. The molecular formula is C18H12BrClN2O5. The molecule has 7 nitrogen and oxygen atoms in total. The van der Waals surface area contributed by atoms with Crippen molar-refractivity contribution in [2.75, 3.05) is 12.0 Å². The van der Waals surface area contributed by atoms with Gasteiger partial charge in [-0.2, -0.15) is 0 Å². The monoisotopic (exact) mass is 450 g/mol. The van der Waals surface area contributed by atoms with E-state index >= 15 is 0 Å². The van der Waals surface area contributed by atoms with E-state index in [0.29, 0.717) is 15.1 Å². The lowest BCUT2D eigenvalue weighted by Crippen LogP contribution is -2.54. The molecule has 27 heavy (non-hydrogen) atoms. The number of anilines is 1. The molecule has 2 N–H and O–H groups in total. The molecule has 1 aliphatic heterocycles. The first kappa shape index (κ1) is 18.9. The van der Waals surface area contributed by atoms with Gasteiger partial charge in [0, 0.05) is 5.02 Å². The fraction of sp³-hybridized carbons (Fsp3) is 0.0556. The average Bonchev–Trinajstić information content (AvgIpc) is 2.61. The van der Waals surface area contributed by atoms with Crippen LogP contribution in [-0.4, -0.2) is 30.1 Å². The van der Waals surface area contributed by atoms with Crippen LogP contribution < -0.4 is 15.0 Å². The maximum atomic E-state index is 12.8. The second-order valence-corrected chi connectivity index (χ2v) is 6.78. The van der Waals surface area contributed by atoms with Gasteiger partial charge < -0.3 is 9.84 Å². The van der Waals surface area contributed by atoms with Gasteiger partial charge >= 0.3 is 6.03 Å². The fourth-order valence-electron chi connectivity index (χ4n) is 2.51. The van der Waals surface area contributed by atoms with E-state index in [1.807, 2.05) is 0 Å². The summed E-state index contributed by atoms with van der Waals surface area (Å²) >= 11 is 9.10. The van der Waals surface area contributed by atoms with Crippen molar-refractivity contribution in [3.05, 3.63) is 57.0 Å². The number of ether oxygens (including phenoxy) is 1. The molecule has 4 amide bonds. The summed E-state index contributed by atoms with van der Waals surface area (Å²) in [5.41, 5.74) is 0.387. The van der Waals surface area contributed by atoms with Gasteiger partial charge in [-0.05, 0) is 57.9 Å². The third-order valence-corrected chi connectivity index (χ3v) is 4.59. The van der Waals surface area contributed by atoms with Gasteiger partial charge in [-0.1, -0.05) is 17.7 Å². The van der Waals surface area contributed by atoms with E-state index in [0.717, 1.165) is 4.90 Å². The number of carbonyl (C=O) groups is 3. The highest BCUT2D eigenvalue weighted by Gasteiger charge is 2.36. The topological polar surface area (TPSA) is 95.9 Å². The summed E-state index contributed by atoms with van der Waals surface area (Å²) in [6, 6.07) is 8.23. The van der Waals surface area contributed by atoms with Gasteiger partial charge in [0.1, 0.15) is 5.57 Å². The molecule has 138 valence electrons. The van der Waals surface area contributed by atoms with Crippen LogP contribution in [0.25, 0.3) is 6.08 Å². The number of barbiturate groups is 1. The molecule has 0 saturated carbocycles. The van der Waals surface area contributed by atoms with E-state index in [-0.39, 0.29) is 22.8 Å². The number of hydrogen-bond donors (Lipinski definition) is 2. The van der Waals surface area contributed by atoms with Crippen molar-refractivity contribution >= 4 is 57.1 Å². The number of halogens is 2. The maximum Gasteiger partial charge on any atom is 0.335 e. The molecule has 1 heterocycles. The van der Waals surface area contributed by atoms with Gasteiger partial charge in [-0.15, -0.1) is 0 Å². The zero-order valence-electron chi connectivity index (χ0n) is 13.8. The predicted octanol–water partition coefficient (Wildman–Crippen LogP) is 3.48. The standard InChI is InChI=1S/C18H12BrClN2O5/c1-27-14-7-9(6-13(19)15(14)23)5-12-16(24)21-18(26)22(17(12)25)11-4-2-3-10(20)8-11/h2-8,23H,1H3,(H,21,24,26). The van der Waals surface area contributed by atoms with E-state index in [1.165, 1.54) is 37.5 Å². The summed E-state index contributed by atoms with van der Waals surface area (Å²) in [6.07, 6.45) is 1.30. The van der Waals surface area contributed by atoms with Gasteiger partial charge in [-0.3, -0.25) is 14.9 Å². The molecule has 0 radical (unpaired) electrons.